The van der Waals surface area contributed by atoms with Crippen LogP contribution in [0.15, 0.2) is 84.9 Å². The monoisotopic (exact) mass is 991 g/mol. The van der Waals surface area contributed by atoms with Crippen molar-refractivity contribution in [2.75, 3.05) is 27.2 Å². The summed E-state index contributed by atoms with van der Waals surface area (Å²) in [5.41, 5.74) is 2.38. The highest BCUT2D eigenvalue weighted by Crippen LogP contribution is 2.32. The van der Waals surface area contributed by atoms with E-state index in [2.05, 4.69) is 31.9 Å². The van der Waals surface area contributed by atoms with E-state index in [9.17, 15) is 38.4 Å². The minimum atomic E-state index is -0.904. The Hall–Kier alpha value is -6.26. The lowest BCUT2D eigenvalue weighted by molar-refractivity contribution is -0.143. The SMILES string of the molecule is CC[C@@H](C)[C@H](NC(=O)[C@H](C)NC)C(=O)N1C[C@@H](CC(=O)c2cccc(C(=O)C[C@H]3C[C@@H](C(=O)N[C@H](C)c4ccccc4)N(C(=O)[C@@H](NC(=O)[C@H](C)NC)[C@H](C)CC)C3)c2)C[C@H]1C(=O)N[C@H](C)c1ccccc1. The van der Waals surface area contributed by atoms with Crippen molar-refractivity contribution in [3.63, 3.8) is 0 Å². The fraction of sp³-hybridized carbons (Fsp3) is 0.536. The van der Waals surface area contributed by atoms with Crippen molar-refractivity contribution in [1.29, 1.82) is 0 Å². The molecule has 2 fully saturated rings. The Bertz CT molecular complexity index is 2210. The zero-order valence-corrected chi connectivity index (χ0v) is 43.8. The van der Waals surface area contributed by atoms with E-state index in [0.717, 1.165) is 11.1 Å². The number of hydrogen-bond acceptors (Lipinski definition) is 10. The highest BCUT2D eigenvalue weighted by atomic mass is 16.2. The van der Waals surface area contributed by atoms with Gasteiger partial charge < -0.3 is 41.7 Å². The van der Waals surface area contributed by atoms with E-state index in [4.69, 9.17) is 0 Å². The third kappa shape index (κ3) is 14.5. The molecule has 6 amide bonds. The molecule has 0 bridgehead atoms. The molecule has 0 spiro atoms. The molecular formula is C56H78N8O8. The predicted octanol–water partition coefficient (Wildman–Crippen LogP) is 5.30. The van der Waals surface area contributed by atoms with E-state index < -0.39 is 59.9 Å². The first-order chi connectivity index (χ1) is 34.3. The quantitative estimate of drug-likeness (QED) is 0.0638. The van der Waals surface area contributed by atoms with Crippen LogP contribution in [0.5, 0.6) is 0 Å². The number of likely N-dealkylation sites (tertiary alicyclic amines) is 2. The van der Waals surface area contributed by atoms with Crippen LogP contribution in [0.4, 0.5) is 0 Å². The molecule has 72 heavy (non-hydrogen) atoms. The fourth-order valence-electron chi connectivity index (χ4n) is 9.56. The number of carbonyl (C=O) groups excluding carboxylic acids is 8. The third-order valence-corrected chi connectivity index (χ3v) is 14.9. The van der Waals surface area contributed by atoms with Gasteiger partial charge in [0.15, 0.2) is 11.6 Å². The van der Waals surface area contributed by atoms with Crippen LogP contribution in [-0.2, 0) is 28.8 Å². The van der Waals surface area contributed by atoms with E-state index in [1.165, 1.54) is 9.80 Å². The fourth-order valence-corrected chi connectivity index (χ4v) is 9.56. The second kappa shape index (κ2) is 26.4. The van der Waals surface area contributed by atoms with Crippen LogP contribution in [0.3, 0.4) is 0 Å². The molecule has 12 atom stereocenters. The molecule has 0 aliphatic carbocycles. The lowest BCUT2D eigenvalue weighted by Gasteiger charge is -2.32. The molecule has 0 unspecified atom stereocenters. The Kier molecular flexibility index (Phi) is 20.8. The van der Waals surface area contributed by atoms with Gasteiger partial charge in [-0.25, -0.2) is 0 Å². The maximum absolute atomic E-state index is 14.5. The molecule has 2 aliphatic rings. The van der Waals surface area contributed by atoms with Crippen LogP contribution in [0.2, 0.25) is 0 Å². The number of benzene rings is 3. The number of rotatable bonds is 24. The summed E-state index contributed by atoms with van der Waals surface area (Å²) in [6.07, 6.45) is 1.60. The van der Waals surface area contributed by atoms with E-state index >= 15 is 0 Å². The zero-order valence-electron chi connectivity index (χ0n) is 43.8. The van der Waals surface area contributed by atoms with Crippen molar-refractivity contribution < 1.29 is 38.4 Å². The molecule has 2 saturated heterocycles. The topological polar surface area (TPSA) is 215 Å². The van der Waals surface area contributed by atoms with Crippen LogP contribution in [0.1, 0.15) is 138 Å². The first kappa shape index (κ1) is 56.7. The van der Waals surface area contributed by atoms with Gasteiger partial charge in [-0.3, -0.25) is 38.4 Å². The second-order valence-electron chi connectivity index (χ2n) is 20.1. The maximum Gasteiger partial charge on any atom is 0.246 e. The van der Waals surface area contributed by atoms with Gasteiger partial charge in [0.05, 0.1) is 24.2 Å². The number of nitrogens with zero attached hydrogens (tertiary/aromatic N) is 2. The first-order valence-corrected chi connectivity index (χ1v) is 25.7. The van der Waals surface area contributed by atoms with Crippen LogP contribution < -0.4 is 31.9 Å². The van der Waals surface area contributed by atoms with Gasteiger partial charge in [-0.2, -0.15) is 0 Å². The van der Waals surface area contributed by atoms with E-state index in [1.807, 2.05) is 102 Å². The summed E-state index contributed by atoms with van der Waals surface area (Å²) in [5.74, 6) is -4.03. The van der Waals surface area contributed by atoms with Gasteiger partial charge >= 0.3 is 0 Å². The lowest BCUT2D eigenvalue weighted by atomic mass is 9.92. The Morgan fingerprint density at radius 3 is 1.21 bits per heavy atom. The Morgan fingerprint density at radius 2 is 0.875 bits per heavy atom. The summed E-state index contributed by atoms with van der Waals surface area (Å²) < 4.78 is 0. The summed E-state index contributed by atoms with van der Waals surface area (Å²) in [6.45, 7) is 15.0. The molecule has 16 heteroatoms. The summed E-state index contributed by atoms with van der Waals surface area (Å²) in [7, 11) is 3.32. The Morgan fingerprint density at radius 1 is 0.514 bits per heavy atom. The molecule has 3 aromatic rings. The van der Waals surface area contributed by atoms with Crippen molar-refractivity contribution in [2.45, 2.75) is 142 Å². The van der Waals surface area contributed by atoms with E-state index in [0.29, 0.717) is 24.0 Å². The number of carbonyl (C=O) groups is 8. The number of ketones is 2. The average molecular weight is 991 g/mol. The predicted molar refractivity (Wildman–Crippen MR) is 277 cm³/mol. The van der Waals surface area contributed by atoms with Crippen molar-refractivity contribution in [3.8, 4) is 0 Å². The molecular weight excluding hydrogens is 913 g/mol. The van der Waals surface area contributed by atoms with Crippen molar-refractivity contribution in [2.24, 2.45) is 23.7 Å². The van der Waals surface area contributed by atoms with Gasteiger partial charge in [0.2, 0.25) is 35.4 Å². The molecule has 0 saturated carbocycles. The van der Waals surface area contributed by atoms with Gasteiger partial charge in [0.25, 0.3) is 0 Å². The van der Waals surface area contributed by atoms with Crippen molar-refractivity contribution >= 4 is 47.0 Å². The normalized spacial score (nSPS) is 21.0. The number of hydrogen-bond donors (Lipinski definition) is 6. The standard InChI is InChI=1S/C56H78N8O8/c1-11-33(3)49(61-51(67)37(7)57-9)55(71)63-31-39(26-45(63)53(69)59-35(5)41-20-15-13-16-21-41)28-47(65)43-24-19-25-44(30-43)48(66)29-40-27-46(54(70)60-36(6)42-22-17-14-18-23-42)64(32-40)56(72)50(34(4)12-2)62-52(68)38(8)58-10/h13-25,30,33-40,45-46,49-50,57-58H,11-12,26-29,31-32H2,1-10H3,(H,59,69)(H,60,70)(H,61,67)(H,62,68)/t33-,34-,35-,36-,37+,38+,39-,40-,45+,46+,49+,50+/m1/s1. The zero-order chi connectivity index (χ0) is 52.8. The molecule has 6 N–H and O–H groups in total. The summed E-state index contributed by atoms with van der Waals surface area (Å²) in [6, 6.07) is 20.0. The molecule has 0 aromatic heterocycles. The Balaban J connectivity index is 1.35. The van der Waals surface area contributed by atoms with Crippen molar-refractivity contribution in [3.05, 3.63) is 107 Å². The number of nitrogens with one attached hydrogen (secondary N) is 6. The van der Waals surface area contributed by atoms with Crippen LogP contribution in [0.25, 0.3) is 0 Å². The minimum absolute atomic E-state index is 0.00450. The van der Waals surface area contributed by atoms with Gasteiger partial charge in [-0.15, -0.1) is 0 Å². The minimum Gasteiger partial charge on any atom is -0.348 e. The summed E-state index contributed by atoms with van der Waals surface area (Å²) in [5, 5.41) is 17.8. The second-order valence-corrected chi connectivity index (χ2v) is 20.1. The third-order valence-electron chi connectivity index (χ3n) is 14.9. The molecule has 16 nitrogen and oxygen atoms in total. The molecule has 2 heterocycles. The van der Waals surface area contributed by atoms with Crippen LogP contribution in [-0.4, -0.2) is 120 Å². The molecule has 3 aromatic carbocycles. The smallest absolute Gasteiger partial charge is 0.246 e. The number of Topliss-reactive ketones (excluding diaryl/α,β-unsaturated/α-hetero) is 2. The molecule has 0 radical (unpaired) electrons. The van der Waals surface area contributed by atoms with E-state index in [1.54, 1.807) is 52.2 Å². The molecule has 390 valence electrons. The van der Waals surface area contributed by atoms with Gasteiger partial charge in [-0.1, -0.05) is 119 Å². The molecule has 2 aliphatic heterocycles. The number of amides is 6. The summed E-state index contributed by atoms with van der Waals surface area (Å²) in [4.78, 5) is 115. The highest BCUT2D eigenvalue weighted by Gasteiger charge is 2.46. The highest BCUT2D eigenvalue weighted by molar-refractivity contribution is 6.02. The van der Waals surface area contributed by atoms with Gasteiger partial charge in [0.1, 0.15) is 24.2 Å². The number of likely N-dealkylation sites (N-methyl/N-ethyl adjacent to an activating group) is 2. The van der Waals surface area contributed by atoms with E-state index in [-0.39, 0.29) is 97.9 Å². The van der Waals surface area contributed by atoms with Crippen molar-refractivity contribution in [1.82, 2.24) is 41.7 Å². The maximum atomic E-state index is 14.5. The molecule has 5 rings (SSSR count). The van der Waals surface area contributed by atoms with Gasteiger partial charge in [0, 0.05) is 37.1 Å². The van der Waals surface area contributed by atoms with Crippen LogP contribution >= 0.6 is 0 Å². The first-order valence-electron chi connectivity index (χ1n) is 25.7. The summed E-state index contributed by atoms with van der Waals surface area (Å²) >= 11 is 0. The average Bonchev–Trinajstić information content (AvgIpc) is 4.03. The van der Waals surface area contributed by atoms with Gasteiger partial charge in [-0.05, 0) is 95.5 Å². The largest absolute Gasteiger partial charge is 0.348 e. The van der Waals surface area contributed by atoms with Crippen LogP contribution in [0, 0.1) is 23.7 Å². The lowest BCUT2D eigenvalue weighted by Crippen LogP contribution is -2.57. The Labute approximate surface area is 426 Å².